The van der Waals surface area contributed by atoms with Crippen LogP contribution in [0.4, 0.5) is 10.1 Å². The number of carboxylic acids is 1. The number of rotatable bonds is 5. The minimum Gasteiger partial charge on any atom is -0.478 e. The van der Waals surface area contributed by atoms with Crippen molar-refractivity contribution in [1.82, 2.24) is 0 Å². The molecule has 3 N–H and O–H groups in total. The highest BCUT2D eigenvalue weighted by Gasteiger charge is 2.04. The number of hydrogen-bond acceptors (Lipinski definition) is 3. The van der Waals surface area contributed by atoms with Gasteiger partial charge in [0.05, 0.1) is 11.3 Å². The molecule has 2 rings (SSSR count). The Kier molecular flexibility index (Phi) is 4.68. The van der Waals surface area contributed by atoms with E-state index >= 15 is 0 Å². The van der Waals surface area contributed by atoms with Crippen molar-refractivity contribution in [3.8, 4) is 0 Å². The van der Waals surface area contributed by atoms with Gasteiger partial charge in [0.1, 0.15) is 5.82 Å². The molecule has 21 heavy (non-hydrogen) atoms. The summed E-state index contributed by atoms with van der Waals surface area (Å²) in [5, 5.41) is 10.3. The molecule has 5 heteroatoms. The van der Waals surface area contributed by atoms with Crippen molar-refractivity contribution in [2.45, 2.75) is 6.42 Å². The summed E-state index contributed by atoms with van der Waals surface area (Å²) in [6.07, 6.45) is 4.07. The lowest BCUT2D eigenvalue weighted by Gasteiger charge is -2.14. The summed E-state index contributed by atoms with van der Waals surface area (Å²) in [7, 11) is 0. The zero-order valence-electron chi connectivity index (χ0n) is 11.2. The van der Waals surface area contributed by atoms with Gasteiger partial charge >= 0.3 is 5.97 Å². The lowest BCUT2D eigenvalue weighted by Crippen LogP contribution is -2.24. The third-order valence-electron chi connectivity index (χ3n) is 2.92. The molecule has 0 saturated carbocycles. The van der Waals surface area contributed by atoms with E-state index in [9.17, 15) is 9.18 Å². The average molecular weight is 286 g/mol. The van der Waals surface area contributed by atoms with Crippen LogP contribution in [0.15, 0.2) is 60.8 Å². The summed E-state index contributed by atoms with van der Waals surface area (Å²) in [5.41, 5.74) is 1.71. The van der Waals surface area contributed by atoms with Crippen LogP contribution in [0.25, 0.3) is 0 Å². The predicted molar refractivity (Wildman–Crippen MR) is 79.3 cm³/mol. The van der Waals surface area contributed by atoms with E-state index < -0.39 is 5.97 Å². The largest absolute Gasteiger partial charge is 0.478 e. The van der Waals surface area contributed by atoms with Gasteiger partial charge in [-0.1, -0.05) is 24.3 Å². The van der Waals surface area contributed by atoms with E-state index in [1.807, 2.05) is 6.08 Å². The number of anilines is 1. The van der Waals surface area contributed by atoms with Gasteiger partial charge < -0.3 is 5.11 Å². The van der Waals surface area contributed by atoms with Gasteiger partial charge in [0.25, 0.3) is 0 Å². The predicted octanol–water partition coefficient (Wildman–Crippen LogP) is 2.96. The minimum atomic E-state index is -0.999. The molecule has 0 aliphatic rings. The number of nitrogens with two attached hydrogens (primary N) is 1. The maximum atomic E-state index is 12.8. The summed E-state index contributed by atoms with van der Waals surface area (Å²) in [5.74, 6) is 4.58. The molecule has 0 saturated heterocycles. The van der Waals surface area contributed by atoms with E-state index in [4.69, 9.17) is 10.9 Å². The van der Waals surface area contributed by atoms with Crippen LogP contribution in [0.2, 0.25) is 0 Å². The molecule has 0 spiro atoms. The molecule has 0 amide bonds. The van der Waals surface area contributed by atoms with Crippen LogP contribution in [-0.4, -0.2) is 11.1 Å². The fraction of sp³-hybridized carbons (Fsp3) is 0.0625. The van der Waals surface area contributed by atoms with E-state index in [2.05, 4.69) is 0 Å². The maximum absolute atomic E-state index is 12.8. The Morgan fingerprint density at radius 2 is 1.95 bits per heavy atom. The number of nitrogens with zero attached hydrogens (tertiary/aromatic N) is 1. The Bertz CT molecular complexity index is 654. The van der Waals surface area contributed by atoms with Gasteiger partial charge in [-0.2, -0.15) is 0 Å². The standard InChI is InChI=1S/C16H15FN2O2/c17-14-8-6-12(7-9-14)3-2-10-19(18)15-5-1-4-13(11-15)16(20)21/h1-2,4-11H,3,18H2,(H,20,21)/b10-2-. The Labute approximate surface area is 121 Å². The highest BCUT2D eigenvalue weighted by molar-refractivity contribution is 5.88. The van der Waals surface area contributed by atoms with E-state index in [0.29, 0.717) is 12.1 Å². The normalized spacial score (nSPS) is 10.8. The second kappa shape index (κ2) is 6.67. The zero-order valence-corrected chi connectivity index (χ0v) is 11.2. The Balaban J connectivity index is 2.02. The van der Waals surface area contributed by atoms with Crippen LogP contribution >= 0.6 is 0 Å². The smallest absolute Gasteiger partial charge is 0.335 e. The number of aromatic carboxylic acids is 1. The van der Waals surface area contributed by atoms with E-state index in [1.54, 1.807) is 30.5 Å². The zero-order chi connectivity index (χ0) is 15.2. The monoisotopic (exact) mass is 286 g/mol. The van der Waals surface area contributed by atoms with Crippen molar-refractivity contribution < 1.29 is 14.3 Å². The third kappa shape index (κ3) is 4.15. The van der Waals surface area contributed by atoms with Crippen molar-refractivity contribution >= 4 is 11.7 Å². The molecule has 0 radical (unpaired) electrons. The van der Waals surface area contributed by atoms with Crippen LogP contribution in [-0.2, 0) is 6.42 Å². The summed E-state index contributed by atoms with van der Waals surface area (Å²) in [4.78, 5) is 10.9. The van der Waals surface area contributed by atoms with Crippen molar-refractivity contribution in [2.75, 3.05) is 5.01 Å². The third-order valence-corrected chi connectivity index (χ3v) is 2.92. The highest BCUT2D eigenvalue weighted by Crippen LogP contribution is 2.14. The lowest BCUT2D eigenvalue weighted by atomic mass is 10.1. The second-order valence-electron chi connectivity index (χ2n) is 4.48. The molecule has 0 bridgehead atoms. The first-order valence-corrected chi connectivity index (χ1v) is 6.34. The first-order chi connectivity index (χ1) is 10.1. The molecule has 0 aliphatic heterocycles. The molecule has 108 valence electrons. The van der Waals surface area contributed by atoms with E-state index in [0.717, 1.165) is 5.56 Å². The molecule has 2 aromatic rings. The second-order valence-corrected chi connectivity index (χ2v) is 4.48. The quantitative estimate of drug-likeness (QED) is 0.655. The minimum absolute atomic E-state index is 0.176. The first-order valence-electron chi connectivity index (χ1n) is 6.34. The van der Waals surface area contributed by atoms with Crippen molar-refractivity contribution in [1.29, 1.82) is 0 Å². The molecule has 4 nitrogen and oxygen atoms in total. The van der Waals surface area contributed by atoms with Crippen molar-refractivity contribution in [3.63, 3.8) is 0 Å². The maximum Gasteiger partial charge on any atom is 0.335 e. The average Bonchev–Trinajstić information content (AvgIpc) is 2.49. The number of hydrazine groups is 1. The summed E-state index contributed by atoms with van der Waals surface area (Å²) < 4.78 is 12.8. The van der Waals surface area contributed by atoms with Crippen molar-refractivity contribution in [3.05, 3.63) is 77.8 Å². The molecule has 0 aliphatic carbocycles. The first kappa shape index (κ1) is 14.7. The lowest BCUT2D eigenvalue weighted by molar-refractivity contribution is 0.0697. The topological polar surface area (TPSA) is 66.6 Å². The Morgan fingerprint density at radius 1 is 1.24 bits per heavy atom. The number of halogens is 1. The van der Waals surface area contributed by atoms with Gasteiger partial charge in [0.15, 0.2) is 0 Å². The molecule has 0 heterocycles. The molecule has 0 fully saturated rings. The Morgan fingerprint density at radius 3 is 2.62 bits per heavy atom. The fourth-order valence-electron chi connectivity index (χ4n) is 1.81. The molecule has 0 aromatic heterocycles. The summed E-state index contributed by atoms with van der Waals surface area (Å²) in [6, 6.07) is 12.5. The van der Waals surface area contributed by atoms with Gasteiger partial charge in [-0.25, -0.2) is 15.0 Å². The van der Waals surface area contributed by atoms with Crippen LogP contribution < -0.4 is 10.9 Å². The SMILES string of the molecule is NN(/C=C\Cc1ccc(F)cc1)c1cccc(C(=O)O)c1. The molecule has 0 atom stereocenters. The highest BCUT2D eigenvalue weighted by atomic mass is 19.1. The van der Waals surface area contributed by atoms with Gasteiger partial charge in [-0.15, -0.1) is 0 Å². The molecule has 0 unspecified atom stereocenters. The van der Waals surface area contributed by atoms with Gasteiger partial charge in [0.2, 0.25) is 0 Å². The van der Waals surface area contributed by atoms with Crippen molar-refractivity contribution in [2.24, 2.45) is 5.84 Å². The molecule has 2 aromatic carbocycles. The van der Waals surface area contributed by atoms with E-state index in [-0.39, 0.29) is 11.4 Å². The number of benzene rings is 2. The van der Waals surface area contributed by atoms with Gasteiger partial charge in [-0.3, -0.25) is 5.01 Å². The van der Waals surface area contributed by atoms with Gasteiger partial charge in [-0.05, 0) is 42.3 Å². The van der Waals surface area contributed by atoms with E-state index in [1.165, 1.54) is 29.3 Å². The Hall–Kier alpha value is -2.66. The van der Waals surface area contributed by atoms with Gasteiger partial charge in [0, 0.05) is 6.20 Å². The number of carboxylic acid groups (broad SMARTS) is 1. The molecular formula is C16H15FN2O2. The number of allylic oxidation sites excluding steroid dienone is 1. The number of hydrogen-bond donors (Lipinski definition) is 2. The molecular weight excluding hydrogens is 271 g/mol. The van der Waals surface area contributed by atoms with Crippen LogP contribution in [0.3, 0.4) is 0 Å². The fourth-order valence-corrected chi connectivity index (χ4v) is 1.81. The van der Waals surface area contributed by atoms with Crippen LogP contribution in [0, 0.1) is 5.82 Å². The van der Waals surface area contributed by atoms with Crippen LogP contribution in [0.1, 0.15) is 15.9 Å². The summed E-state index contributed by atoms with van der Waals surface area (Å²) in [6.45, 7) is 0. The number of carbonyl (C=O) groups is 1. The summed E-state index contributed by atoms with van der Waals surface area (Å²) >= 11 is 0. The van der Waals surface area contributed by atoms with Crippen LogP contribution in [0.5, 0.6) is 0 Å².